The number of rotatable bonds is 3. The van der Waals surface area contributed by atoms with Crippen LogP contribution in [0.1, 0.15) is 36.9 Å². The second kappa shape index (κ2) is 4.73. The normalized spacial score (nSPS) is 12.1. The van der Waals surface area contributed by atoms with Crippen LogP contribution in [0.3, 0.4) is 0 Å². The summed E-state index contributed by atoms with van der Waals surface area (Å²) in [6.45, 7) is 2.04. The molecule has 0 fully saturated rings. The second-order valence-electron chi connectivity index (χ2n) is 3.25. The average molecular weight is 192 g/mol. The van der Waals surface area contributed by atoms with E-state index in [1.807, 2.05) is 6.92 Å². The number of nitrogens with zero attached hydrogens (tertiary/aromatic N) is 1. The number of halogens is 1. The molecule has 3 heteroatoms. The van der Waals surface area contributed by atoms with E-state index in [2.05, 4.69) is 0 Å². The summed E-state index contributed by atoms with van der Waals surface area (Å²) in [6.07, 6.45) is 1.82. The molecule has 0 unspecified atom stereocenters. The van der Waals surface area contributed by atoms with Crippen LogP contribution in [0.2, 0.25) is 0 Å². The van der Waals surface area contributed by atoms with Gasteiger partial charge in [-0.3, -0.25) is 0 Å². The van der Waals surface area contributed by atoms with Gasteiger partial charge in [0.2, 0.25) is 0 Å². The molecule has 0 bridgehead atoms. The molecule has 0 saturated carbocycles. The van der Waals surface area contributed by atoms with Crippen molar-refractivity contribution in [1.29, 1.82) is 5.26 Å². The molecule has 1 aromatic rings. The minimum atomic E-state index is -0.486. The highest BCUT2D eigenvalue weighted by Crippen LogP contribution is 2.18. The van der Waals surface area contributed by atoms with Crippen molar-refractivity contribution < 1.29 is 4.39 Å². The number of nitriles is 1. The van der Waals surface area contributed by atoms with E-state index in [4.69, 9.17) is 11.0 Å². The maximum absolute atomic E-state index is 13.0. The van der Waals surface area contributed by atoms with E-state index in [1.54, 1.807) is 12.1 Å². The molecule has 74 valence electrons. The first-order valence-corrected chi connectivity index (χ1v) is 4.64. The molecule has 2 N–H and O–H groups in total. The molecule has 1 aromatic carbocycles. The van der Waals surface area contributed by atoms with Gasteiger partial charge in [-0.15, -0.1) is 0 Å². The molecular formula is C11H13FN2. The standard InChI is InChI=1S/C11H13FN2/c1-2-3-11(14)8-4-5-10(12)9(6-8)7-13/h4-6,11H,2-3,14H2,1H3/t11-/m0/s1. The summed E-state index contributed by atoms with van der Waals surface area (Å²) in [7, 11) is 0. The third-order valence-corrected chi connectivity index (χ3v) is 2.14. The van der Waals surface area contributed by atoms with Crippen molar-refractivity contribution in [3.63, 3.8) is 0 Å². The van der Waals surface area contributed by atoms with Crippen LogP contribution in [0.25, 0.3) is 0 Å². The van der Waals surface area contributed by atoms with Gasteiger partial charge in [0.05, 0.1) is 5.56 Å². The van der Waals surface area contributed by atoms with Gasteiger partial charge in [0.25, 0.3) is 0 Å². The molecule has 0 aliphatic rings. The van der Waals surface area contributed by atoms with E-state index >= 15 is 0 Å². The smallest absolute Gasteiger partial charge is 0.140 e. The van der Waals surface area contributed by atoms with Crippen molar-refractivity contribution in [2.24, 2.45) is 5.73 Å². The maximum atomic E-state index is 13.0. The zero-order valence-electron chi connectivity index (χ0n) is 8.13. The summed E-state index contributed by atoms with van der Waals surface area (Å²) in [5.74, 6) is -0.486. The van der Waals surface area contributed by atoms with Gasteiger partial charge < -0.3 is 5.73 Å². The third-order valence-electron chi connectivity index (χ3n) is 2.14. The van der Waals surface area contributed by atoms with Crippen LogP contribution < -0.4 is 5.73 Å². The lowest BCUT2D eigenvalue weighted by Gasteiger charge is -2.10. The number of benzene rings is 1. The van der Waals surface area contributed by atoms with Crippen molar-refractivity contribution >= 4 is 0 Å². The summed E-state index contributed by atoms with van der Waals surface area (Å²) >= 11 is 0. The summed E-state index contributed by atoms with van der Waals surface area (Å²) < 4.78 is 13.0. The van der Waals surface area contributed by atoms with Gasteiger partial charge in [-0.25, -0.2) is 4.39 Å². The fourth-order valence-electron chi connectivity index (χ4n) is 1.34. The molecule has 0 saturated heterocycles. The van der Waals surface area contributed by atoms with E-state index in [1.165, 1.54) is 12.1 Å². The first-order valence-electron chi connectivity index (χ1n) is 4.64. The highest BCUT2D eigenvalue weighted by Gasteiger charge is 2.08. The van der Waals surface area contributed by atoms with Crippen molar-refractivity contribution in [1.82, 2.24) is 0 Å². The van der Waals surface area contributed by atoms with E-state index in [0.29, 0.717) is 0 Å². The molecule has 1 atom stereocenters. The lowest BCUT2D eigenvalue weighted by Crippen LogP contribution is -2.10. The van der Waals surface area contributed by atoms with Crippen LogP contribution in [-0.4, -0.2) is 0 Å². The van der Waals surface area contributed by atoms with Gasteiger partial charge >= 0.3 is 0 Å². The fourth-order valence-corrected chi connectivity index (χ4v) is 1.34. The largest absolute Gasteiger partial charge is 0.324 e. The first-order chi connectivity index (χ1) is 6.69. The van der Waals surface area contributed by atoms with Crippen molar-refractivity contribution in [2.75, 3.05) is 0 Å². The van der Waals surface area contributed by atoms with Crippen molar-refractivity contribution in [3.8, 4) is 6.07 Å². The van der Waals surface area contributed by atoms with Crippen molar-refractivity contribution in [3.05, 3.63) is 35.1 Å². The highest BCUT2D eigenvalue weighted by atomic mass is 19.1. The zero-order valence-corrected chi connectivity index (χ0v) is 8.13. The predicted molar refractivity (Wildman–Crippen MR) is 53.0 cm³/mol. The predicted octanol–water partition coefficient (Wildman–Crippen LogP) is 2.50. The van der Waals surface area contributed by atoms with Crippen LogP contribution in [0, 0.1) is 17.1 Å². The Hall–Kier alpha value is -1.40. The van der Waals surface area contributed by atoms with Gasteiger partial charge in [0, 0.05) is 6.04 Å². The molecule has 1 rings (SSSR count). The van der Waals surface area contributed by atoms with Gasteiger partial charge in [-0.1, -0.05) is 19.4 Å². The molecule has 0 amide bonds. The minimum absolute atomic E-state index is 0.0639. The molecule has 0 aliphatic heterocycles. The van der Waals surface area contributed by atoms with Gasteiger partial charge in [-0.2, -0.15) is 5.26 Å². The number of nitrogens with two attached hydrogens (primary N) is 1. The monoisotopic (exact) mass is 192 g/mol. The van der Waals surface area contributed by atoms with E-state index in [-0.39, 0.29) is 11.6 Å². The van der Waals surface area contributed by atoms with Crippen molar-refractivity contribution in [2.45, 2.75) is 25.8 Å². The topological polar surface area (TPSA) is 49.8 Å². The molecular weight excluding hydrogens is 179 g/mol. The number of hydrogen-bond donors (Lipinski definition) is 1. The lowest BCUT2D eigenvalue weighted by molar-refractivity contribution is 0.613. The van der Waals surface area contributed by atoms with E-state index in [9.17, 15) is 4.39 Å². The summed E-state index contributed by atoms with van der Waals surface area (Å²) in [4.78, 5) is 0. The van der Waals surface area contributed by atoms with Crippen LogP contribution >= 0.6 is 0 Å². The Balaban J connectivity index is 2.95. The van der Waals surface area contributed by atoms with Gasteiger partial charge in [-0.05, 0) is 24.1 Å². The third kappa shape index (κ3) is 2.30. The Labute approximate surface area is 83.2 Å². The summed E-state index contributed by atoms with van der Waals surface area (Å²) in [5, 5.41) is 8.62. The van der Waals surface area contributed by atoms with Gasteiger partial charge in [0.15, 0.2) is 0 Å². The summed E-state index contributed by atoms with van der Waals surface area (Å²) in [6, 6.07) is 6.15. The fraction of sp³-hybridized carbons (Fsp3) is 0.364. The van der Waals surface area contributed by atoms with E-state index < -0.39 is 5.82 Å². The molecule has 0 aromatic heterocycles. The first kappa shape index (κ1) is 10.7. The number of hydrogen-bond acceptors (Lipinski definition) is 2. The van der Waals surface area contributed by atoms with Crippen LogP contribution in [0.15, 0.2) is 18.2 Å². The molecule has 0 spiro atoms. The SMILES string of the molecule is CCC[C@H](N)c1ccc(F)c(C#N)c1. The Bertz CT molecular complexity index is 355. The minimum Gasteiger partial charge on any atom is -0.324 e. The molecule has 0 heterocycles. The average Bonchev–Trinajstić information content (AvgIpc) is 2.19. The highest BCUT2D eigenvalue weighted by molar-refractivity contribution is 5.35. The molecule has 2 nitrogen and oxygen atoms in total. The Morgan fingerprint density at radius 1 is 1.57 bits per heavy atom. The Kier molecular flexibility index (Phi) is 3.61. The lowest BCUT2D eigenvalue weighted by atomic mass is 10.0. The van der Waals surface area contributed by atoms with Crippen LogP contribution in [-0.2, 0) is 0 Å². The maximum Gasteiger partial charge on any atom is 0.140 e. The van der Waals surface area contributed by atoms with Crippen LogP contribution in [0.5, 0.6) is 0 Å². The van der Waals surface area contributed by atoms with E-state index in [0.717, 1.165) is 18.4 Å². The summed E-state index contributed by atoms with van der Waals surface area (Å²) in [5.41, 5.74) is 6.74. The second-order valence-corrected chi connectivity index (χ2v) is 3.25. The quantitative estimate of drug-likeness (QED) is 0.799. The Morgan fingerprint density at radius 3 is 2.86 bits per heavy atom. The molecule has 0 radical (unpaired) electrons. The van der Waals surface area contributed by atoms with Gasteiger partial charge in [0.1, 0.15) is 11.9 Å². The zero-order chi connectivity index (χ0) is 10.6. The molecule has 14 heavy (non-hydrogen) atoms. The Morgan fingerprint density at radius 2 is 2.29 bits per heavy atom. The molecule has 0 aliphatic carbocycles. The van der Waals surface area contributed by atoms with Crippen LogP contribution in [0.4, 0.5) is 4.39 Å².